The highest BCUT2D eigenvalue weighted by molar-refractivity contribution is 6.34. The monoisotopic (exact) mass is 220 g/mol. The van der Waals surface area contributed by atoms with Crippen molar-refractivity contribution in [3.8, 4) is 0 Å². The molecular weight excluding hydrogens is 215 g/mol. The summed E-state index contributed by atoms with van der Waals surface area (Å²) in [6, 6.07) is 0. The molecule has 0 aliphatic carbocycles. The maximum absolute atomic E-state index is 10.6. The van der Waals surface area contributed by atoms with Gasteiger partial charge in [-0.25, -0.2) is 14.8 Å². The highest BCUT2D eigenvalue weighted by Crippen LogP contribution is 2.18. The van der Waals surface area contributed by atoms with E-state index in [2.05, 4.69) is 9.97 Å². The van der Waals surface area contributed by atoms with Crippen LogP contribution in [0.1, 0.15) is 23.1 Å². The predicted molar refractivity (Wildman–Crippen MR) is 48.4 cm³/mol. The number of carboxylic acids is 1. The number of hydrogen-bond donors (Lipinski definition) is 1. The highest BCUT2D eigenvalue weighted by Gasteiger charge is 2.15. The van der Waals surface area contributed by atoms with E-state index in [0.29, 0.717) is 12.1 Å². The molecule has 0 unspecified atom stereocenters. The third kappa shape index (κ3) is 2.08. The summed E-state index contributed by atoms with van der Waals surface area (Å²) >= 11 is 11.2. The fourth-order valence-corrected chi connectivity index (χ4v) is 1.30. The fraction of sp³-hybridized carbons (Fsp3) is 0.286. The van der Waals surface area contributed by atoms with Gasteiger partial charge in [0.15, 0.2) is 16.0 Å². The van der Waals surface area contributed by atoms with Crippen LogP contribution in [0.25, 0.3) is 0 Å². The molecule has 0 spiro atoms. The number of aryl methyl sites for hydroxylation is 1. The van der Waals surface area contributed by atoms with Crippen molar-refractivity contribution in [2.75, 3.05) is 0 Å². The first-order chi connectivity index (χ1) is 6.06. The number of carbonyl (C=O) groups is 1. The van der Waals surface area contributed by atoms with E-state index in [-0.39, 0.29) is 16.0 Å². The number of halogens is 2. The molecule has 6 heteroatoms. The summed E-state index contributed by atoms with van der Waals surface area (Å²) in [6.45, 7) is 1.80. The molecule has 0 radical (unpaired) electrons. The Bertz CT molecular complexity index is 355. The van der Waals surface area contributed by atoms with E-state index in [4.69, 9.17) is 28.3 Å². The van der Waals surface area contributed by atoms with Gasteiger partial charge in [-0.15, -0.1) is 0 Å². The zero-order valence-electron chi connectivity index (χ0n) is 6.71. The lowest BCUT2D eigenvalue weighted by Gasteiger charge is -2.02. The smallest absolute Gasteiger partial charge is 0.357 e. The molecule has 0 aliphatic rings. The number of rotatable bonds is 2. The summed E-state index contributed by atoms with van der Waals surface area (Å²) in [6.07, 6.45) is 0.517. The number of nitrogens with zero attached hydrogens (tertiary/aromatic N) is 2. The maximum Gasteiger partial charge on any atom is 0.357 e. The minimum absolute atomic E-state index is 0.150. The molecule has 0 saturated carbocycles. The van der Waals surface area contributed by atoms with Crippen LogP contribution in [0, 0.1) is 0 Å². The first-order valence-corrected chi connectivity index (χ1v) is 4.27. The molecule has 1 aromatic heterocycles. The second-order valence-electron chi connectivity index (χ2n) is 2.26. The van der Waals surface area contributed by atoms with Gasteiger partial charge in [0.2, 0.25) is 0 Å². The Morgan fingerprint density at radius 3 is 2.46 bits per heavy atom. The summed E-state index contributed by atoms with van der Waals surface area (Å²) < 4.78 is 0. The fourth-order valence-electron chi connectivity index (χ4n) is 0.792. The van der Waals surface area contributed by atoms with Crippen LogP contribution in [0.2, 0.25) is 10.3 Å². The normalized spacial score (nSPS) is 10.1. The van der Waals surface area contributed by atoms with E-state index in [0.717, 1.165) is 0 Å². The van der Waals surface area contributed by atoms with E-state index in [1.807, 2.05) is 0 Å². The van der Waals surface area contributed by atoms with Crippen molar-refractivity contribution in [1.29, 1.82) is 0 Å². The minimum atomic E-state index is -1.20. The summed E-state index contributed by atoms with van der Waals surface area (Å²) in [4.78, 5) is 18.0. The van der Waals surface area contributed by atoms with Crippen LogP contribution in [-0.2, 0) is 6.42 Å². The van der Waals surface area contributed by atoms with Crippen molar-refractivity contribution in [1.82, 2.24) is 9.97 Å². The van der Waals surface area contributed by atoms with Gasteiger partial charge in [-0.3, -0.25) is 0 Å². The summed E-state index contributed by atoms with van der Waals surface area (Å²) in [7, 11) is 0. The van der Waals surface area contributed by atoms with Crippen molar-refractivity contribution in [3.63, 3.8) is 0 Å². The Morgan fingerprint density at radius 1 is 1.38 bits per heavy atom. The SMILES string of the molecule is CCc1nc(C(=O)O)c(Cl)nc1Cl. The van der Waals surface area contributed by atoms with Crippen LogP contribution in [0.4, 0.5) is 0 Å². The Balaban J connectivity index is 3.30. The van der Waals surface area contributed by atoms with Gasteiger partial charge in [-0.05, 0) is 6.42 Å². The number of carboxylic acid groups (broad SMARTS) is 1. The van der Waals surface area contributed by atoms with Gasteiger partial charge in [0.25, 0.3) is 0 Å². The van der Waals surface area contributed by atoms with Gasteiger partial charge in [0.05, 0.1) is 5.69 Å². The Hall–Kier alpha value is -0.870. The van der Waals surface area contributed by atoms with Crippen LogP contribution in [0.5, 0.6) is 0 Å². The van der Waals surface area contributed by atoms with Crippen LogP contribution < -0.4 is 0 Å². The largest absolute Gasteiger partial charge is 0.476 e. The van der Waals surface area contributed by atoms with E-state index >= 15 is 0 Å². The van der Waals surface area contributed by atoms with Crippen molar-refractivity contribution >= 4 is 29.2 Å². The molecular formula is C7H6Cl2N2O2. The standard InChI is InChI=1S/C7H6Cl2N2O2/c1-2-3-5(8)11-6(9)4(10-3)7(12)13/h2H2,1H3,(H,12,13). The lowest BCUT2D eigenvalue weighted by molar-refractivity contribution is 0.0690. The zero-order valence-corrected chi connectivity index (χ0v) is 8.22. The molecule has 0 amide bonds. The summed E-state index contributed by atoms with van der Waals surface area (Å²) in [5.41, 5.74) is 0.173. The van der Waals surface area contributed by atoms with Crippen molar-refractivity contribution in [2.45, 2.75) is 13.3 Å². The summed E-state index contributed by atoms with van der Waals surface area (Å²) in [5.74, 6) is -1.20. The highest BCUT2D eigenvalue weighted by atomic mass is 35.5. The third-order valence-corrected chi connectivity index (χ3v) is 1.98. The van der Waals surface area contributed by atoms with Crippen LogP contribution in [0.15, 0.2) is 0 Å². The molecule has 0 saturated heterocycles. The zero-order chi connectivity index (χ0) is 10.0. The topological polar surface area (TPSA) is 63.1 Å². The number of aromatic carboxylic acids is 1. The van der Waals surface area contributed by atoms with E-state index in [1.54, 1.807) is 6.92 Å². The molecule has 0 aromatic carbocycles. The van der Waals surface area contributed by atoms with E-state index in [9.17, 15) is 4.79 Å². The average Bonchev–Trinajstić information content (AvgIpc) is 2.03. The number of aromatic nitrogens is 2. The lowest BCUT2D eigenvalue weighted by atomic mass is 10.3. The maximum atomic E-state index is 10.6. The second-order valence-corrected chi connectivity index (χ2v) is 2.98. The molecule has 1 N–H and O–H groups in total. The molecule has 0 aliphatic heterocycles. The van der Waals surface area contributed by atoms with E-state index in [1.165, 1.54) is 0 Å². The number of hydrogen-bond acceptors (Lipinski definition) is 3. The van der Waals surface area contributed by atoms with Crippen molar-refractivity contribution in [2.24, 2.45) is 0 Å². The molecule has 0 bridgehead atoms. The second kappa shape index (κ2) is 3.89. The first-order valence-electron chi connectivity index (χ1n) is 3.51. The van der Waals surface area contributed by atoms with Crippen LogP contribution in [0.3, 0.4) is 0 Å². The Labute approximate surface area is 84.5 Å². The van der Waals surface area contributed by atoms with Crippen molar-refractivity contribution < 1.29 is 9.90 Å². The van der Waals surface area contributed by atoms with Gasteiger partial charge in [0, 0.05) is 0 Å². The molecule has 1 rings (SSSR count). The molecule has 1 heterocycles. The van der Waals surface area contributed by atoms with Crippen LogP contribution in [-0.4, -0.2) is 21.0 Å². The van der Waals surface area contributed by atoms with Gasteiger partial charge in [-0.1, -0.05) is 30.1 Å². The predicted octanol–water partition coefficient (Wildman–Crippen LogP) is 2.04. The van der Waals surface area contributed by atoms with E-state index < -0.39 is 5.97 Å². The minimum Gasteiger partial charge on any atom is -0.476 e. The Kier molecular flexibility index (Phi) is 3.06. The van der Waals surface area contributed by atoms with Gasteiger partial charge < -0.3 is 5.11 Å². The van der Waals surface area contributed by atoms with Crippen molar-refractivity contribution in [3.05, 3.63) is 21.7 Å². The quantitative estimate of drug-likeness (QED) is 0.829. The lowest BCUT2D eigenvalue weighted by Crippen LogP contribution is -2.06. The Morgan fingerprint density at radius 2 is 2.00 bits per heavy atom. The molecule has 0 fully saturated rings. The molecule has 13 heavy (non-hydrogen) atoms. The van der Waals surface area contributed by atoms with Crippen LogP contribution >= 0.6 is 23.2 Å². The molecule has 0 atom stereocenters. The average molecular weight is 221 g/mol. The van der Waals surface area contributed by atoms with Gasteiger partial charge in [-0.2, -0.15) is 0 Å². The van der Waals surface area contributed by atoms with Gasteiger partial charge >= 0.3 is 5.97 Å². The third-order valence-electron chi connectivity index (χ3n) is 1.41. The molecule has 1 aromatic rings. The first kappa shape index (κ1) is 10.2. The molecule has 70 valence electrons. The van der Waals surface area contributed by atoms with Gasteiger partial charge in [0.1, 0.15) is 0 Å². The molecule has 4 nitrogen and oxygen atoms in total. The summed E-state index contributed by atoms with van der Waals surface area (Å²) in [5, 5.41) is 8.61.